The van der Waals surface area contributed by atoms with E-state index >= 15 is 0 Å². The van der Waals surface area contributed by atoms with E-state index in [4.69, 9.17) is 9.47 Å². The lowest BCUT2D eigenvalue weighted by Gasteiger charge is -2.22. The predicted octanol–water partition coefficient (Wildman–Crippen LogP) is 0.164. The van der Waals surface area contributed by atoms with E-state index in [0.717, 1.165) is 0 Å². The number of carbonyl (C=O) groups is 1. The van der Waals surface area contributed by atoms with Crippen LogP contribution in [0, 0.1) is 0 Å². The van der Waals surface area contributed by atoms with E-state index in [0.29, 0.717) is 5.56 Å². The van der Waals surface area contributed by atoms with E-state index in [-0.39, 0.29) is 12.4 Å². The van der Waals surface area contributed by atoms with Gasteiger partial charge in [-0.25, -0.2) is 0 Å². The largest absolute Gasteiger partial charge is 0.457 e. The van der Waals surface area contributed by atoms with Gasteiger partial charge in [-0.15, -0.1) is 0 Å². The smallest absolute Gasteiger partial charge is 0.309 e. The molecule has 0 amide bonds. The van der Waals surface area contributed by atoms with E-state index in [9.17, 15) is 15.0 Å². The van der Waals surface area contributed by atoms with Crippen molar-refractivity contribution in [3.05, 3.63) is 35.9 Å². The summed E-state index contributed by atoms with van der Waals surface area (Å²) in [5.74, 6) is -0.364. The lowest BCUT2D eigenvalue weighted by atomic mass is 9.99. The van der Waals surface area contributed by atoms with Gasteiger partial charge >= 0.3 is 5.97 Å². The molecule has 1 aromatic rings. The predicted molar refractivity (Wildman–Crippen MR) is 60.6 cm³/mol. The van der Waals surface area contributed by atoms with Gasteiger partial charge in [-0.2, -0.15) is 0 Å². The van der Waals surface area contributed by atoms with Crippen molar-refractivity contribution in [3.63, 3.8) is 0 Å². The summed E-state index contributed by atoms with van der Waals surface area (Å²) in [6.45, 7) is 0. The van der Waals surface area contributed by atoms with Crippen LogP contribution in [0.25, 0.3) is 0 Å². The third kappa shape index (κ3) is 1.80. The van der Waals surface area contributed by atoms with Crippen molar-refractivity contribution in [2.24, 2.45) is 0 Å². The summed E-state index contributed by atoms with van der Waals surface area (Å²) in [6, 6.07) is 8.99. The SMILES string of the molecule is O=C1C[C@@H]2O[C@H](C(O)c3ccccc3)C(O)[C@@H]2O1. The van der Waals surface area contributed by atoms with Crippen molar-refractivity contribution in [1.29, 1.82) is 0 Å². The number of ether oxygens (including phenoxy) is 2. The Morgan fingerprint density at radius 3 is 2.67 bits per heavy atom. The van der Waals surface area contributed by atoms with Crippen LogP contribution in [0.2, 0.25) is 0 Å². The van der Waals surface area contributed by atoms with E-state index < -0.39 is 30.5 Å². The molecule has 18 heavy (non-hydrogen) atoms. The van der Waals surface area contributed by atoms with Crippen LogP contribution >= 0.6 is 0 Å². The molecule has 0 aromatic heterocycles. The fourth-order valence-corrected chi connectivity index (χ4v) is 2.54. The Morgan fingerprint density at radius 2 is 2.00 bits per heavy atom. The van der Waals surface area contributed by atoms with Crippen LogP contribution in [-0.4, -0.2) is 40.6 Å². The minimum Gasteiger partial charge on any atom is -0.457 e. The number of rotatable bonds is 2. The van der Waals surface area contributed by atoms with Gasteiger partial charge in [0.1, 0.15) is 24.4 Å². The monoisotopic (exact) mass is 250 g/mol. The molecule has 0 aliphatic carbocycles. The number of carbonyl (C=O) groups excluding carboxylic acids is 1. The molecule has 0 bridgehead atoms. The van der Waals surface area contributed by atoms with E-state index in [1.165, 1.54) is 0 Å². The van der Waals surface area contributed by atoms with Crippen LogP contribution in [0.15, 0.2) is 30.3 Å². The third-order valence-electron chi connectivity index (χ3n) is 3.46. The molecule has 1 aromatic carbocycles. The Bertz CT molecular complexity index is 446. The van der Waals surface area contributed by atoms with Crippen molar-refractivity contribution >= 4 is 5.97 Å². The van der Waals surface area contributed by atoms with Crippen LogP contribution in [0.5, 0.6) is 0 Å². The zero-order chi connectivity index (χ0) is 12.7. The second-order valence-corrected chi connectivity index (χ2v) is 4.64. The molecule has 0 radical (unpaired) electrons. The van der Waals surface area contributed by atoms with Crippen molar-refractivity contribution in [1.82, 2.24) is 0 Å². The second kappa shape index (κ2) is 4.35. The summed E-state index contributed by atoms with van der Waals surface area (Å²) in [5, 5.41) is 20.2. The average molecular weight is 250 g/mol. The zero-order valence-electron chi connectivity index (χ0n) is 9.60. The summed E-state index contributed by atoms with van der Waals surface area (Å²) < 4.78 is 10.5. The van der Waals surface area contributed by atoms with Gasteiger partial charge in [-0.1, -0.05) is 30.3 Å². The first-order valence-corrected chi connectivity index (χ1v) is 5.93. The number of fused-ring (bicyclic) bond motifs is 1. The maximum Gasteiger partial charge on any atom is 0.309 e. The molecule has 0 spiro atoms. The molecular formula is C13H14O5. The third-order valence-corrected chi connectivity index (χ3v) is 3.46. The van der Waals surface area contributed by atoms with E-state index in [1.807, 2.05) is 6.07 Å². The number of aliphatic hydroxyl groups is 2. The van der Waals surface area contributed by atoms with Gasteiger partial charge in [0.2, 0.25) is 0 Å². The number of hydrogen-bond acceptors (Lipinski definition) is 5. The van der Waals surface area contributed by atoms with Crippen molar-refractivity contribution in [2.45, 2.75) is 36.9 Å². The van der Waals surface area contributed by atoms with Crippen LogP contribution < -0.4 is 0 Å². The first kappa shape index (κ1) is 11.6. The average Bonchev–Trinajstić information content (AvgIpc) is 2.88. The summed E-state index contributed by atoms with van der Waals surface area (Å²) in [6.07, 6.45) is -3.63. The van der Waals surface area contributed by atoms with E-state index in [1.54, 1.807) is 24.3 Å². The molecule has 2 fully saturated rings. The normalized spacial score (nSPS) is 36.2. The molecule has 5 nitrogen and oxygen atoms in total. The first-order valence-electron chi connectivity index (χ1n) is 5.93. The van der Waals surface area contributed by atoms with Gasteiger partial charge in [0.25, 0.3) is 0 Å². The number of aliphatic hydroxyl groups excluding tert-OH is 2. The standard InChI is InChI=1S/C13H14O5/c14-9-6-8-12(18-9)11(16)13(17-8)10(15)7-4-2-1-3-5-7/h1-5,8,10-13,15-16H,6H2/t8-,10?,11?,12+,13+/m0/s1. The van der Waals surface area contributed by atoms with Crippen LogP contribution in [0.1, 0.15) is 18.1 Å². The molecule has 2 aliphatic rings. The first-order chi connectivity index (χ1) is 8.66. The number of hydrogen-bond donors (Lipinski definition) is 2. The Hall–Kier alpha value is -1.43. The molecule has 96 valence electrons. The number of benzene rings is 1. The molecule has 2 unspecified atom stereocenters. The Labute approximate surface area is 104 Å². The molecule has 2 saturated heterocycles. The van der Waals surface area contributed by atoms with Crippen molar-refractivity contribution in [3.8, 4) is 0 Å². The Kier molecular flexibility index (Phi) is 2.81. The van der Waals surface area contributed by atoms with Gasteiger partial charge in [-0.3, -0.25) is 4.79 Å². The molecular weight excluding hydrogens is 236 g/mol. The number of esters is 1. The highest BCUT2D eigenvalue weighted by molar-refractivity contribution is 5.73. The quantitative estimate of drug-likeness (QED) is 0.731. The van der Waals surface area contributed by atoms with Gasteiger partial charge in [0.05, 0.1) is 6.42 Å². The highest BCUT2D eigenvalue weighted by Gasteiger charge is 2.53. The molecule has 5 atom stereocenters. The molecule has 2 aliphatic heterocycles. The van der Waals surface area contributed by atoms with Gasteiger partial charge in [0.15, 0.2) is 6.10 Å². The highest BCUT2D eigenvalue weighted by atomic mass is 16.6. The van der Waals surface area contributed by atoms with Crippen molar-refractivity contribution < 1.29 is 24.5 Å². The van der Waals surface area contributed by atoms with Crippen molar-refractivity contribution in [2.75, 3.05) is 0 Å². The minimum atomic E-state index is -0.989. The van der Waals surface area contributed by atoms with Gasteiger partial charge < -0.3 is 19.7 Å². The summed E-state index contributed by atoms with van der Waals surface area (Å²) in [5.41, 5.74) is 0.674. The van der Waals surface area contributed by atoms with Crippen LogP contribution in [0.4, 0.5) is 0 Å². The molecule has 0 saturated carbocycles. The summed E-state index contributed by atoms with van der Waals surface area (Å²) in [4.78, 5) is 11.1. The van der Waals surface area contributed by atoms with Gasteiger partial charge in [0, 0.05) is 0 Å². The topological polar surface area (TPSA) is 76.0 Å². The molecule has 2 heterocycles. The van der Waals surface area contributed by atoms with Gasteiger partial charge in [-0.05, 0) is 5.56 Å². The highest BCUT2D eigenvalue weighted by Crippen LogP contribution is 2.36. The fraction of sp³-hybridized carbons (Fsp3) is 0.462. The molecule has 3 rings (SSSR count). The maximum atomic E-state index is 11.1. The zero-order valence-corrected chi connectivity index (χ0v) is 9.60. The lowest BCUT2D eigenvalue weighted by molar-refractivity contribution is -0.147. The maximum absolute atomic E-state index is 11.1. The minimum absolute atomic E-state index is 0.139. The molecule has 5 heteroatoms. The summed E-state index contributed by atoms with van der Waals surface area (Å²) in [7, 11) is 0. The summed E-state index contributed by atoms with van der Waals surface area (Å²) >= 11 is 0. The molecule has 2 N–H and O–H groups in total. The van der Waals surface area contributed by atoms with Crippen LogP contribution in [0.3, 0.4) is 0 Å². The fourth-order valence-electron chi connectivity index (χ4n) is 2.54. The van der Waals surface area contributed by atoms with E-state index in [2.05, 4.69) is 0 Å². The lowest BCUT2D eigenvalue weighted by Crippen LogP contribution is -2.35. The Balaban J connectivity index is 1.77. The second-order valence-electron chi connectivity index (χ2n) is 4.64. The Morgan fingerprint density at radius 1 is 1.28 bits per heavy atom. The van der Waals surface area contributed by atoms with Crippen LogP contribution in [-0.2, 0) is 14.3 Å².